The van der Waals surface area contributed by atoms with Crippen molar-refractivity contribution in [3.63, 3.8) is 0 Å². The van der Waals surface area contributed by atoms with Crippen LogP contribution in [0.1, 0.15) is 90.9 Å². The first-order chi connectivity index (χ1) is 8.62. The van der Waals surface area contributed by atoms with Crippen LogP contribution in [-0.2, 0) is 0 Å². The molecule has 1 atom stereocenters. The van der Waals surface area contributed by atoms with Gasteiger partial charge in [-0.15, -0.1) is 0 Å². The maximum atomic E-state index is 9.62. The Kier molecular flexibility index (Phi) is 11.9. The second-order valence-electron chi connectivity index (χ2n) is 5.94. The Morgan fingerprint density at radius 1 is 0.722 bits per heavy atom. The van der Waals surface area contributed by atoms with Crippen LogP contribution < -0.4 is 0 Å². The Morgan fingerprint density at radius 3 is 1.50 bits per heavy atom. The van der Waals surface area contributed by atoms with Gasteiger partial charge in [0.1, 0.15) is 0 Å². The third kappa shape index (κ3) is 12.4. The summed E-state index contributed by atoms with van der Waals surface area (Å²) in [5.41, 5.74) is -0.862. The SMILES string of the molecule is CCCCCCCCCCCCCC(C)(O)CO. The zero-order valence-electron chi connectivity index (χ0n) is 12.6. The third-order valence-corrected chi connectivity index (χ3v) is 3.66. The highest BCUT2D eigenvalue weighted by Gasteiger charge is 2.17. The molecule has 0 heterocycles. The molecule has 0 aromatic carbocycles. The zero-order chi connectivity index (χ0) is 13.7. The highest BCUT2D eigenvalue weighted by Crippen LogP contribution is 2.16. The molecule has 0 fully saturated rings. The maximum Gasteiger partial charge on any atom is 0.0849 e. The molecule has 0 rings (SSSR count). The molecular formula is C16H34O2. The molecule has 0 aliphatic rings. The largest absolute Gasteiger partial charge is 0.393 e. The number of aliphatic hydroxyl groups is 2. The zero-order valence-corrected chi connectivity index (χ0v) is 12.6. The molecule has 18 heavy (non-hydrogen) atoms. The Hall–Kier alpha value is -0.0800. The molecular weight excluding hydrogens is 224 g/mol. The predicted octanol–water partition coefficient (Wildman–Crippen LogP) is 4.43. The van der Waals surface area contributed by atoms with E-state index in [4.69, 9.17) is 5.11 Å². The van der Waals surface area contributed by atoms with Crippen LogP contribution in [0.3, 0.4) is 0 Å². The van der Waals surface area contributed by atoms with Crippen LogP contribution in [0.25, 0.3) is 0 Å². The van der Waals surface area contributed by atoms with Crippen molar-refractivity contribution in [2.45, 2.75) is 96.5 Å². The minimum atomic E-state index is -0.862. The van der Waals surface area contributed by atoms with Crippen molar-refractivity contribution < 1.29 is 10.2 Å². The van der Waals surface area contributed by atoms with Gasteiger partial charge in [-0.3, -0.25) is 0 Å². The van der Waals surface area contributed by atoms with E-state index in [1.165, 1.54) is 64.2 Å². The summed E-state index contributed by atoms with van der Waals surface area (Å²) in [6, 6.07) is 0. The fourth-order valence-corrected chi connectivity index (χ4v) is 2.25. The summed E-state index contributed by atoms with van der Waals surface area (Å²) < 4.78 is 0. The Labute approximate surface area is 114 Å². The molecule has 2 N–H and O–H groups in total. The van der Waals surface area contributed by atoms with Gasteiger partial charge in [0, 0.05) is 0 Å². The highest BCUT2D eigenvalue weighted by atomic mass is 16.3. The fourth-order valence-electron chi connectivity index (χ4n) is 2.25. The monoisotopic (exact) mass is 258 g/mol. The van der Waals surface area contributed by atoms with Crippen molar-refractivity contribution in [2.24, 2.45) is 0 Å². The van der Waals surface area contributed by atoms with Gasteiger partial charge in [0.15, 0.2) is 0 Å². The van der Waals surface area contributed by atoms with Gasteiger partial charge in [-0.2, -0.15) is 0 Å². The predicted molar refractivity (Wildman–Crippen MR) is 78.8 cm³/mol. The van der Waals surface area contributed by atoms with Crippen LogP contribution in [0.15, 0.2) is 0 Å². The average molecular weight is 258 g/mol. The summed E-state index contributed by atoms with van der Waals surface area (Å²) in [6.07, 6.45) is 15.2. The molecule has 1 unspecified atom stereocenters. The summed E-state index contributed by atoms with van der Waals surface area (Å²) >= 11 is 0. The third-order valence-electron chi connectivity index (χ3n) is 3.66. The molecule has 0 bridgehead atoms. The summed E-state index contributed by atoms with van der Waals surface area (Å²) in [6.45, 7) is 3.85. The lowest BCUT2D eigenvalue weighted by molar-refractivity contribution is -0.00695. The summed E-state index contributed by atoms with van der Waals surface area (Å²) in [4.78, 5) is 0. The van der Waals surface area contributed by atoms with Crippen LogP contribution in [-0.4, -0.2) is 22.4 Å². The van der Waals surface area contributed by atoms with E-state index in [1.807, 2.05) is 0 Å². The first-order valence-electron chi connectivity index (χ1n) is 7.95. The molecule has 2 heteroatoms. The van der Waals surface area contributed by atoms with E-state index in [1.54, 1.807) is 6.92 Å². The molecule has 0 radical (unpaired) electrons. The molecule has 0 aliphatic carbocycles. The van der Waals surface area contributed by atoms with E-state index in [9.17, 15) is 5.11 Å². The van der Waals surface area contributed by atoms with E-state index < -0.39 is 5.60 Å². The highest BCUT2D eigenvalue weighted by molar-refractivity contribution is 4.70. The van der Waals surface area contributed by atoms with Crippen LogP contribution in [0.4, 0.5) is 0 Å². The van der Waals surface area contributed by atoms with Crippen molar-refractivity contribution in [3.05, 3.63) is 0 Å². The van der Waals surface area contributed by atoms with Gasteiger partial charge >= 0.3 is 0 Å². The minimum Gasteiger partial charge on any atom is -0.393 e. The molecule has 0 aliphatic heterocycles. The van der Waals surface area contributed by atoms with E-state index in [0.717, 1.165) is 12.8 Å². The van der Waals surface area contributed by atoms with Crippen LogP contribution in [0.5, 0.6) is 0 Å². The first kappa shape index (κ1) is 17.9. The van der Waals surface area contributed by atoms with E-state index in [-0.39, 0.29) is 6.61 Å². The van der Waals surface area contributed by atoms with Gasteiger partial charge in [-0.25, -0.2) is 0 Å². The van der Waals surface area contributed by atoms with Gasteiger partial charge in [-0.1, -0.05) is 77.6 Å². The van der Waals surface area contributed by atoms with Crippen LogP contribution >= 0.6 is 0 Å². The van der Waals surface area contributed by atoms with Crippen molar-refractivity contribution in [1.29, 1.82) is 0 Å². The molecule has 2 nitrogen and oxygen atoms in total. The van der Waals surface area contributed by atoms with Gasteiger partial charge in [0.05, 0.1) is 12.2 Å². The summed E-state index contributed by atoms with van der Waals surface area (Å²) in [5, 5.41) is 18.5. The minimum absolute atomic E-state index is 0.120. The Balaban J connectivity index is 3.08. The topological polar surface area (TPSA) is 40.5 Å². The van der Waals surface area contributed by atoms with Crippen molar-refractivity contribution >= 4 is 0 Å². The van der Waals surface area contributed by atoms with E-state index in [2.05, 4.69) is 6.92 Å². The number of rotatable bonds is 13. The maximum absolute atomic E-state index is 9.62. The second kappa shape index (κ2) is 12.0. The smallest absolute Gasteiger partial charge is 0.0849 e. The van der Waals surface area contributed by atoms with Crippen molar-refractivity contribution in [3.8, 4) is 0 Å². The first-order valence-corrected chi connectivity index (χ1v) is 7.95. The summed E-state index contributed by atoms with van der Waals surface area (Å²) in [5.74, 6) is 0. The summed E-state index contributed by atoms with van der Waals surface area (Å²) in [7, 11) is 0. The quantitative estimate of drug-likeness (QED) is 0.480. The standard InChI is InChI=1S/C16H34O2/c1-3-4-5-6-7-8-9-10-11-12-13-14-16(2,18)15-17/h17-18H,3-15H2,1-2H3. The fraction of sp³-hybridized carbons (Fsp3) is 1.00. The molecule has 0 spiro atoms. The normalized spacial score (nSPS) is 14.7. The molecule has 0 amide bonds. The van der Waals surface area contributed by atoms with Gasteiger partial charge in [-0.05, 0) is 13.3 Å². The van der Waals surface area contributed by atoms with Crippen molar-refractivity contribution in [2.75, 3.05) is 6.61 Å². The van der Waals surface area contributed by atoms with Crippen LogP contribution in [0, 0.1) is 0 Å². The van der Waals surface area contributed by atoms with Gasteiger partial charge < -0.3 is 10.2 Å². The Morgan fingerprint density at radius 2 is 1.11 bits per heavy atom. The number of hydrogen-bond donors (Lipinski definition) is 2. The lowest BCUT2D eigenvalue weighted by Crippen LogP contribution is -2.28. The molecule has 0 aromatic heterocycles. The average Bonchev–Trinajstić information content (AvgIpc) is 2.36. The second-order valence-corrected chi connectivity index (χ2v) is 5.94. The number of aliphatic hydroxyl groups excluding tert-OH is 1. The molecule has 0 aromatic rings. The van der Waals surface area contributed by atoms with Crippen LogP contribution in [0.2, 0.25) is 0 Å². The van der Waals surface area contributed by atoms with E-state index >= 15 is 0 Å². The number of hydrogen-bond acceptors (Lipinski definition) is 2. The van der Waals surface area contributed by atoms with Crippen molar-refractivity contribution in [1.82, 2.24) is 0 Å². The lowest BCUT2D eigenvalue weighted by atomic mass is 9.98. The van der Waals surface area contributed by atoms with Gasteiger partial charge in [0.25, 0.3) is 0 Å². The molecule has 0 saturated carbocycles. The lowest BCUT2D eigenvalue weighted by Gasteiger charge is -2.19. The molecule has 110 valence electrons. The van der Waals surface area contributed by atoms with Gasteiger partial charge in [0.2, 0.25) is 0 Å². The Bertz CT molecular complexity index is 166. The number of unbranched alkanes of at least 4 members (excludes halogenated alkanes) is 10. The van der Waals surface area contributed by atoms with E-state index in [0.29, 0.717) is 0 Å². The molecule has 0 saturated heterocycles.